The number of rotatable bonds is 4. The molecule has 0 bridgehead atoms. The quantitative estimate of drug-likeness (QED) is 0.549. The van der Waals surface area contributed by atoms with Gasteiger partial charge in [-0.3, -0.25) is 4.74 Å². The summed E-state index contributed by atoms with van der Waals surface area (Å²) in [6, 6.07) is 0. The number of ether oxygens (including phenoxy) is 1. The predicted octanol–water partition coefficient (Wildman–Crippen LogP) is 6.25. The topological polar surface area (TPSA) is 9.23 Å². The number of hydrogen-bond donors (Lipinski definition) is 0. The van der Waals surface area contributed by atoms with Gasteiger partial charge in [-0.15, -0.1) is 13.2 Å². The number of hydrogen-bond acceptors (Lipinski definition) is 1. The van der Waals surface area contributed by atoms with E-state index in [2.05, 4.69) is 29.6 Å². The molecule has 0 radical (unpaired) electrons. The second-order valence-corrected chi connectivity index (χ2v) is 7.25. The van der Waals surface area contributed by atoms with Gasteiger partial charge in [0.2, 0.25) is 0 Å². The molecule has 0 saturated heterocycles. The fraction of sp³-hybridized carbons (Fsp3) is 0.800. The van der Waals surface area contributed by atoms with Gasteiger partial charge in [0, 0.05) is 5.92 Å². The van der Waals surface area contributed by atoms with Crippen LogP contribution in [-0.4, -0.2) is 12.5 Å². The van der Waals surface area contributed by atoms with Crippen molar-refractivity contribution in [1.82, 2.24) is 0 Å². The van der Waals surface area contributed by atoms with Gasteiger partial charge >= 0.3 is 6.36 Å². The van der Waals surface area contributed by atoms with Crippen molar-refractivity contribution in [3.8, 4) is 11.8 Å². The fourth-order valence-corrected chi connectivity index (χ4v) is 3.94. The highest BCUT2D eigenvalue weighted by atomic mass is 19.4. The maximum Gasteiger partial charge on any atom is 0.522 e. The van der Waals surface area contributed by atoms with Gasteiger partial charge in [0.1, 0.15) is 0 Å². The van der Waals surface area contributed by atoms with Gasteiger partial charge in [-0.2, -0.15) is 0 Å². The van der Waals surface area contributed by atoms with Crippen LogP contribution in [0.5, 0.6) is 0 Å². The van der Waals surface area contributed by atoms with Crippen LogP contribution in [-0.2, 0) is 4.74 Å². The first-order valence-electron chi connectivity index (χ1n) is 9.38. The molecule has 0 heterocycles. The zero-order valence-electron chi connectivity index (χ0n) is 14.6. The summed E-state index contributed by atoms with van der Waals surface area (Å²) >= 11 is 0. The van der Waals surface area contributed by atoms with Crippen molar-refractivity contribution in [3.05, 3.63) is 12.2 Å². The van der Waals surface area contributed by atoms with E-state index in [1.54, 1.807) is 0 Å². The van der Waals surface area contributed by atoms with Gasteiger partial charge in [-0.05, 0) is 69.3 Å². The smallest absolute Gasteiger partial charge is 0.289 e. The van der Waals surface area contributed by atoms with E-state index in [0.29, 0.717) is 31.6 Å². The standard InChI is InChI=1S/C20H29F3O/c1-2-5-16-8-10-17(11-9-16)6-3-4-7-18-12-14-19(15-13-18)24-20(21,22)23/h3,6,16-19H,2,5,8-15H2,1H3. The molecular weight excluding hydrogens is 313 g/mol. The number of alkyl halides is 3. The van der Waals surface area contributed by atoms with Crippen LogP contribution in [0.3, 0.4) is 0 Å². The summed E-state index contributed by atoms with van der Waals surface area (Å²) in [5.41, 5.74) is 0. The molecule has 2 saturated carbocycles. The first-order valence-corrected chi connectivity index (χ1v) is 9.38. The Labute approximate surface area is 144 Å². The summed E-state index contributed by atoms with van der Waals surface area (Å²) in [4.78, 5) is 0. The van der Waals surface area contributed by atoms with Crippen LogP contribution in [0.1, 0.15) is 71.1 Å². The van der Waals surface area contributed by atoms with E-state index in [1.807, 2.05) is 6.08 Å². The summed E-state index contributed by atoms with van der Waals surface area (Å²) in [5, 5.41) is 0. The SMILES string of the molecule is CCCC1CCC(C=CC#CC2CCC(OC(F)(F)F)CC2)CC1. The molecule has 24 heavy (non-hydrogen) atoms. The molecule has 2 rings (SSSR count). The Bertz CT molecular complexity index is 442. The van der Waals surface area contributed by atoms with E-state index >= 15 is 0 Å². The van der Waals surface area contributed by atoms with Crippen molar-refractivity contribution < 1.29 is 17.9 Å². The zero-order chi connectivity index (χ0) is 17.4. The van der Waals surface area contributed by atoms with Gasteiger partial charge in [0.15, 0.2) is 0 Å². The van der Waals surface area contributed by atoms with E-state index < -0.39 is 12.5 Å². The first-order chi connectivity index (χ1) is 11.5. The van der Waals surface area contributed by atoms with Gasteiger partial charge in [0.25, 0.3) is 0 Å². The second kappa shape index (κ2) is 9.51. The molecule has 0 N–H and O–H groups in total. The lowest BCUT2D eigenvalue weighted by Gasteiger charge is -2.26. The Balaban J connectivity index is 1.65. The third kappa shape index (κ3) is 7.30. The minimum absolute atomic E-state index is 0.211. The highest BCUT2D eigenvalue weighted by Crippen LogP contribution is 2.32. The van der Waals surface area contributed by atoms with Crippen molar-refractivity contribution in [2.24, 2.45) is 17.8 Å². The highest BCUT2D eigenvalue weighted by molar-refractivity contribution is 5.18. The van der Waals surface area contributed by atoms with Gasteiger partial charge < -0.3 is 0 Å². The van der Waals surface area contributed by atoms with E-state index in [-0.39, 0.29) is 5.92 Å². The van der Waals surface area contributed by atoms with Crippen LogP contribution in [0.2, 0.25) is 0 Å². The van der Waals surface area contributed by atoms with E-state index in [1.165, 1.54) is 38.5 Å². The summed E-state index contributed by atoms with van der Waals surface area (Å²) in [6.07, 6.45) is 9.13. The molecule has 0 aliphatic heterocycles. The van der Waals surface area contributed by atoms with Crippen molar-refractivity contribution >= 4 is 0 Å². The monoisotopic (exact) mass is 342 g/mol. The summed E-state index contributed by atoms with van der Waals surface area (Å²) in [7, 11) is 0. The molecule has 0 unspecified atom stereocenters. The molecule has 2 fully saturated rings. The predicted molar refractivity (Wildman–Crippen MR) is 90.2 cm³/mol. The lowest BCUT2D eigenvalue weighted by molar-refractivity contribution is -0.345. The van der Waals surface area contributed by atoms with Crippen LogP contribution in [0.25, 0.3) is 0 Å². The highest BCUT2D eigenvalue weighted by Gasteiger charge is 2.35. The van der Waals surface area contributed by atoms with Gasteiger partial charge in [0.05, 0.1) is 6.10 Å². The fourth-order valence-electron chi connectivity index (χ4n) is 3.94. The Morgan fingerprint density at radius 3 is 2.25 bits per heavy atom. The van der Waals surface area contributed by atoms with Crippen LogP contribution in [0.15, 0.2) is 12.2 Å². The molecular formula is C20H29F3O. The molecule has 1 nitrogen and oxygen atoms in total. The molecule has 2 aliphatic rings. The minimum Gasteiger partial charge on any atom is -0.289 e. The zero-order valence-corrected chi connectivity index (χ0v) is 14.6. The number of allylic oxidation sites excluding steroid dienone is 2. The van der Waals surface area contributed by atoms with Crippen molar-refractivity contribution in [3.63, 3.8) is 0 Å². The van der Waals surface area contributed by atoms with Crippen LogP contribution < -0.4 is 0 Å². The minimum atomic E-state index is -4.51. The summed E-state index contributed by atoms with van der Waals surface area (Å²) in [5.74, 6) is 8.09. The van der Waals surface area contributed by atoms with Gasteiger partial charge in [-0.1, -0.05) is 37.7 Å². The van der Waals surface area contributed by atoms with Gasteiger partial charge in [-0.25, -0.2) is 0 Å². The average molecular weight is 342 g/mol. The molecule has 2 aliphatic carbocycles. The molecule has 0 spiro atoms. The third-order valence-electron chi connectivity index (χ3n) is 5.30. The van der Waals surface area contributed by atoms with E-state index in [9.17, 15) is 13.2 Å². The molecule has 0 aromatic carbocycles. The summed E-state index contributed by atoms with van der Waals surface area (Å²) < 4.78 is 40.6. The molecule has 136 valence electrons. The largest absolute Gasteiger partial charge is 0.522 e. The van der Waals surface area contributed by atoms with E-state index in [4.69, 9.17) is 0 Å². The maximum atomic E-state index is 12.2. The third-order valence-corrected chi connectivity index (χ3v) is 5.30. The first kappa shape index (κ1) is 19.4. The normalized spacial score (nSPS) is 31.7. The van der Waals surface area contributed by atoms with Crippen LogP contribution >= 0.6 is 0 Å². The number of halogens is 3. The van der Waals surface area contributed by atoms with Crippen LogP contribution in [0.4, 0.5) is 13.2 Å². The lowest BCUT2D eigenvalue weighted by Crippen LogP contribution is -2.27. The van der Waals surface area contributed by atoms with E-state index in [0.717, 1.165) is 5.92 Å². The lowest BCUT2D eigenvalue weighted by atomic mass is 9.80. The van der Waals surface area contributed by atoms with Crippen LogP contribution in [0, 0.1) is 29.6 Å². The molecule has 0 aromatic rings. The average Bonchev–Trinajstić information content (AvgIpc) is 2.53. The molecule has 0 atom stereocenters. The Hall–Kier alpha value is -0.950. The Kier molecular flexibility index (Phi) is 7.68. The maximum absolute atomic E-state index is 12.2. The van der Waals surface area contributed by atoms with Crippen molar-refractivity contribution in [1.29, 1.82) is 0 Å². The second-order valence-electron chi connectivity index (χ2n) is 7.25. The Morgan fingerprint density at radius 1 is 1.00 bits per heavy atom. The molecule has 0 amide bonds. The Morgan fingerprint density at radius 2 is 1.67 bits per heavy atom. The van der Waals surface area contributed by atoms with Crippen molar-refractivity contribution in [2.75, 3.05) is 0 Å². The molecule has 4 heteroatoms. The molecule has 0 aromatic heterocycles. The van der Waals surface area contributed by atoms with Crippen molar-refractivity contribution in [2.45, 2.75) is 83.6 Å². The summed E-state index contributed by atoms with van der Waals surface area (Å²) in [6.45, 7) is 2.25.